The SMILES string of the molecule is CCOCC(C(C)C)n1c(CCCl)nc2cc(Cl)cnc21. The van der Waals surface area contributed by atoms with Gasteiger partial charge in [0.1, 0.15) is 11.3 Å². The molecule has 2 aromatic heterocycles. The van der Waals surface area contributed by atoms with Crippen LogP contribution in [0.1, 0.15) is 32.6 Å². The molecular weight excluding hydrogens is 309 g/mol. The number of imidazole rings is 1. The standard InChI is InChI=1S/C15H21Cl2N3O/c1-4-21-9-13(10(2)3)20-14(5-6-16)19-12-7-11(17)8-18-15(12)20/h7-8,10,13H,4-6,9H2,1-3H3. The first kappa shape index (κ1) is 16.5. The van der Waals surface area contributed by atoms with Gasteiger partial charge in [-0.05, 0) is 18.9 Å². The van der Waals surface area contributed by atoms with Gasteiger partial charge in [0.15, 0.2) is 5.65 Å². The molecule has 0 bridgehead atoms. The summed E-state index contributed by atoms with van der Waals surface area (Å²) in [7, 11) is 0. The summed E-state index contributed by atoms with van der Waals surface area (Å²) in [5, 5.41) is 0.593. The molecule has 2 aromatic rings. The minimum absolute atomic E-state index is 0.182. The number of halogens is 2. The topological polar surface area (TPSA) is 39.9 Å². The number of alkyl halides is 1. The molecule has 0 saturated carbocycles. The van der Waals surface area contributed by atoms with Crippen LogP contribution >= 0.6 is 23.2 Å². The van der Waals surface area contributed by atoms with Crippen molar-refractivity contribution in [2.75, 3.05) is 19.1 Å². The summed E-state index contributed by atoms with van der Waals surface area (Å²) in [6.07, 6.45) is 2.36. The van der Waals surface area contributed by atoms with Gasteiger partial charge in [-0.1, -0.05) is 25.4 Å². The summed E-state index contributed by atoms with van der Waals surface area (Å²) in [5.41, 5.74) is 1.66. The second-order valence-corrected chi connectivity index (χ2v) is 6.12. The van der Waals surface area contributed by atoms with E-state index < -0.39 is 0 Å². The van der Waals surface area contributed by atoms with Crippen LogP contribution in [0, 0.1) is 5.92 Å². The van der Waals surface area contributed by atoms with Crippen molar-refractivity contribution in [1.82, 2.24) is 14.5 Å². The molecule has 2 rings (SSSR count). The molecule has 0 aliphatic carbocycles. The lowest BCUT2D eigenvalue weighted by molar-refractivity contribution is 0.0967. The summed E-state index contributed by atoms with van der Waals surface area (Å²) in [6.45, 7) is 7.69. The molecule has 0 radical (unpaired) electrons. The van der Waals surface area contributed by atoms with Crippen LogP contribution in [0.25, 0.3) is 11.2 Å². The fourth-order valence-electron chi connectivity index (χ4n) is 2.42. The molecule has 1 atom stereocenters. The van der Waals surface area contributed by atoms with E-state index in [1.807, 2.05) is 13.0 Å². The lowest BCUT2D eigenvalue weighted by atomic mass is 10.0. The Morgan fingerprint density at radius 1 is 1.38 bits per heavy atom. The smallest absolute Gasteiger partial charge is 0.160 e. The van der Waals surface area contributed by atoms with Gasteiger partial charge in [-0.25, -0.2) is 9.97 Å². The fourth-order valence-corrected chi connectivity index (χ4v) is 2.74. The molecule has 0 aliphatic rings. The maximum Gasteiger partial charge on any atom is 0.160 e. The van der Waals surface area contributed by atoms with Crippen molar-refractivity contribution in [3.63, 3.8) is 0 Å². The molecule has 116 valence electrons. The maximum absolute atomic E-state index is 6.02. The Morgan fingerprint density at radius 2 is 2.14 bits per heavy atom. The molecule has 0 amide bonds. The van der Waals surface area contributed by atoms with Gasteiger partial charge in [-0.2, -0.15) is 0 Å². The van der Waals surface area contributed by atoms with Gasteiger partial charge >= 0.3 is 0 Å². The van der Waals surface area contributed by atoms with Crippen molar-refractivity contribution in [2.24, 2.45) is 5.92 Å². The molecule has 6 heteroatoms. The molecular formula is C15H21Cl2N3O. The Kier molecular flexibility index (Phi) is 5.85. The zero-order valence-corrected chi connectivity index (χ0v) is 14.2. The molecule has 0 aliphatic heterocycles. The lowest BCUT2D eigenvalue weighted by Crippen LogP contribution is -2.23. The fraction of sp³-hybridized carbons (Fsp3) is 0.600. The highest BCUT2D eigenvalue weighted by atomic mass is 35.5. The van der Waals surface area contributed by atoms with Gasteiger partial charge in [0.2, 0.25) is 0 Å². The zero-order valence-electron chi connectivity index (χ0n) is 12.6. The number of hydrogen-bond acceptors (Lipinski definition) is 3. The molecule has 0 aromatic carbocycles. The zero-order chi connectivity index (χ0) is 15.4. The molecule has 1 unspecified atom stereocenters. The third-order valence-corrected chi connectivity index (χ3v) is 3.88. The normalized spacial score (nSPS) is 13.2. The summed E-state index contributed by atoms with van der Waals surface area (Å²) >= 11 is 11.9. The van der Waals surface area contributed by atoms with E-state index in [-0.39, 0.29) is 6.04 Å². The van der Waals surface area contributed by atoms with Crippen molar-refractivity contribution in [2.45, 2.75) is 33.2 Å². The maximum atomic E-state index is 6.02. The van der Waals surface area contributed by atoms with Crippen molar-refractivity contribution in [3.05, 3.63) is 23.1 Å². The van der Waals surface area contributed by atoms with E-state index in [0.717, 1.165) is 17.0 Å². The molecule has 0 N–H and O–H groups in total. The van der Waals surface area contributed by atoms with Crippen molar-refractivity contribution in [3.8, 4) is 0 Å². The number of fused-ring (bicyclic) bond motifs is 1. The molecule has 0 spiro atoms. The second-order valence-electron chi connectivity index (χ2n) is 5.30. The summed E-state index contributed by atoms with van der Waals surface area (Å²) in [6, 6.07) is 2.03. The molecule has 2 heterocycles. The van der Waals surface area contributed by atoms with Gasteiger partial charge < -0.3 is 9.30 Å². The number of hydrogen-bond donors (Lipinski definition) is 0. The van der Waals surface area contributed by atoms with Gasteiger partial charge in [0, 0.05) is 25.1 Å². The van der Waals surface area contributed by atoms with E-state index in [4.69, 9.17) is 27.9 Å². The van der Waals surface area contributed by atoms with Crippen molar-refractivity contribution < 1.29 is 4.74 Å². The number of aromatic nitrogens is 3. The average molecular weight is 330 g/mol. The molecule has 4 nitrogen and oxygen atoms in total. The van der Waals surface area contributed by atoms with Crippen LogP contribution in [0.4, 0.5) is 0 Å². The predicted molar refractivity (Wildman–Crippen MR) is 87.3 cm³/mol. The first-order valence-corrected chi connectivity index (χ1v) is 8.15. The highest BCUT2D eigenvalue weighted by molar-refractivity contribution is 6.31. The lowest BCUT2D eigenvalue weighted by Gasteiger charge is -2.24. The van der Waals surface area contributed by atoms with Crippen LogP contribution in [0.3, 0.4) is 0 Å². The van der Waals surface area contributed by atoms with E-state index in [0.29, 0.717) is 36.5 Å². The number of rotatable bonds is 7. The minimum atomic E-state index is 0.182. The number of pyridine rings is 1. The number of aryl methyl sites for hydroxylation is 1. The van der Waals surface area contributed by atoms with Gasteiger partial charge in [-0.15, -0.1) is 11.6 Å². The Labute approximate surface area is 135 Å². The minimum Gasteiger partial charge on any atom is -0.380 e. The number of nitrogens with zero attached hydrogens (tertiary/aromatic N) is 3. The van der Waals surface area contributed by atoms with Crippen LogP contribution in [0.5, 0.6) is 0 Å². The van der Waals surface area contributed by atoms with Crippen LogP contribution in [-0.2, 0) is 11.2 Å². The average Bonchev–Trinajstić information content (AvgIpc) is 2.77. The first-order valence-electron chi connectivity index (χ1n) is 7.24. The van der Waals surface area contributed by atoms with Crippen LogP contribution in [0.15, 0.2) is 12.3 Å². The van der Waals surface area contributed by atoms with Crippen LogP contribution in [-0.4, -0.2) is 33.6 Å². The monoisotopic (exact) mass is 329 g/mol. The van der Waals surface area contributed by atoms with E-state index >= 15 is 0 Å². The van der Waals surface area contributed by atoms with Crippen molar-refractivity contribution >= 4 is 34.4 Å². The number of ether oxygens (including phenoxy) is 1. The predicted octanol–water partition coefficient (Wildman–Crippen LogP) is 4.10. The largest absolute Gasteiger partial charge is 0.380 e. The Balaban J connectivity index is 2.53. The summed E-state index contributed by atoms with van der Waals surface area (Å²) < 4.78 is 7.81. The highest BCUT2D eigenvalue weighted by Crippen LogP contribution is 2.27. The van der Waals surface area contributed by atoms with E-state index in [1.54, 1.807) is 6.20 Å². The molecule has 0 fully saturated rings. The second kappa shape index (κ2) is 7.43. The van der Waals surface area contributed by atoms with Crippen LogP contribution < -0.4 is 0 Å². The van der Waals surface area contributed by atoms with Gasteiger partial charge in [0.05, 0.1) is 17.7 Å². The Morgan fingerprint density at radius 3 is 2.76 bits per heavy atom. The molecule has 21 heavy (non-hydrogen) atoms. The van der Waals surface area contributed by atoms with E-state index in [9.17, 15) is 0 Å². The quantitative estimate of drug-likeness (QED) is 0.718. The summed E-state index contributed by atoms with van der Waals surface area (Å²) in [4.78, 5) is 9.12. The van der Waals surface area contributed by atoms with E-state index in [2.05, 4.69) is 28.4 Å². The Hall–Kier alpha value is -0.840. The first-order chi connectivity index (χ1) is 10.1. The Bertz CT molecular complexity index is 598. The van der Waals surface area contributed by atoms with Gasteiger partial charge in [0.25, 0.3) is 0 Å². The highest BCUT2D eigenvalue weighted by Gasteiger charge is 2.23. The third-order valence-electron chi connectivity index (χ3n) is 3.48. The van der Waals surface area contributed by atoms with E-state index in [1.165, 1.54) is 0 Å². The molecule has 0 saturated heterocycles. The third kappa shape index (κ3) is 3.68. The van der Waals surface area contributed by atoms with Gasteiger partial charge in [-0.3, -0.25) is 0 Å². The van der Waals surface area contributed by atoms with Crippen LogP contribution in [0.2, 0.25) is 5.02 Å². The summed E-state index contributed by atoms with van der Waals surface area (Å²) in [5.74, 6) is 1.87. The van der Waals surface area contributed by atoms with Crippen molar-refractivity contribution in [1.29, 1.82) is 0 Å².